The Morgan fingerprint density at radius 2 is 2.05 bits per heavy atom. The quantitative estimate of drug-likeness (QED) is 0.753. The number of hydrogen-bond acceptors (Lipinski definition) is 6. The number of nitrogens with two attached hydrogens (primary N) is 1. The lowest BCUT2D eigenvalue weighted by atomic mass is 10.1. The summed E-state index contributed by atoms with van der Waals surface area (Å²) in [5.74, 6) is 0.763. The summed E-state index contributed by atoms with van der Waals surface area (Å²) in [7, 11) is 0. The summed E-state index contributed by atoms with van der Waals surface area (Å²) in [5, 5.41) is 4.70. The van der Waals surface area contributed by atoms with Gasteiger partial charge in [0.2, 0.25) is 5.13 Å². The number of anilines is 2. The minimum Gasteiger partial charge on any atom is -0.383 e. The second-order valence-electron chi connectivity index (χ2n) is 4.20. The van der Waals surface area contributed by atoms with Crippen molar-refractivity contribution in [3.05, 3.63) is 41.9 Å². The van der Waals surface area contributed by atoms with E-state index in [1.54, 1.807) is 6.92 Å². The van der Waals surface area contributed by atoms with Crippen molar-refractivity contribution in [1.82, 2.24) is 14.3 Å². The van der Waals surface area contributed by atoms with Crippen LogP contribution in [-0.2, 0) is 0 Å². The smallest absolute Gasteiger partial charge is 0.259 e. The monoisotopic (exact) mass is 285 g/mol. The molecule has 0 aliphatic heterocycles. The summed E-state index contributed by atoms with van der Waals surface area (Å²) >= 11 is 1.14. The predicted molar refractivity (Wildman–Crippen MR) is 78.8 cm³/mol. The molecule has 3 aromatic rings. The number of nitrogens with zero attached hydrogens (tertiary/aromatic N) is 3. The van der Waals surface area contributed by atoms with Crippen LogP contribution >= 0.6 is 11.5 Å². The fourth-order valence-corrected chi connectivity index (χ4v) is 2.48. The number of aromatic nitrogens is 3. The zero-order chi connectivity index (χ0) is 14.1. The number of nitrogens with one attached hydrogen (secondary N) is 1. The van der Waals surface area contributed by atoms with Crippen molar-refractivity contribution in [2.24, 2.45) is 0 Å². The molecule has 7 heteroatoms. The zero-order valence-electron chi connectivity index (χ0n) is 10.6. The van der Waals surface area contributed by atoms with Crippen molar-refractivity contribution in [3.63, 3.8) is 0 Å². The van der Waals surface area contributed by atoms with E-state index in [9.17, 15) is 4.79 Å². The first kappa shape index (κ1) is 12.5. The number of pyridine rings is 1. The van der Waals surface area contributed by atoms with Gasteiger partial charge in [-0.3, -0.25) is 10.1 Å². The third-order valence-electron chi connectivity index (χ3n) is 2.82. The minimum absolute atomic E-state index is 0.273. The molecule has 0 aliphatic rings. The molecule has 0 saturated carbocycles. The van der Waals surface area contributed by atoms with Crippen molar-refractivity contribution < 1.29 is 4.79 Å². The van der Waals surface area contributed by atoms with Crippen molar-refractivity contribution in [1.29, 1.82) is 0 Å². The number of rotatable bonds is 2. The molecule has 0 radical (unpaired) electrons. The molecule has 0 fully saturated rings. The van der Waals surface area contributed by atoms with E-state index < -0.39 is 0 Å². The summed E-state index contributed by atoms with van der Waals surface area (Å²) in [5.41, 5.74) is 6.28. The average molecular weight is 285 g/mol. The highest BCUT2D eigenvalue weighted by Gasteiger charge is 2.14. The van der Waals surface area contributed by atoms with Crippen LogP contribution in [0.25, 0.3) is 10.8 Å². The van der Waals surface area contributed by atoms with E-state index >= 15 is 0 Å². The van der Waals surface area contributed by atoms with E-state index in [2.05, 4.69) is 19.7 Å². The molecular weight excluding hydrogens is 274 g/mol. The molecule has 100 valence electrons. The number of carbonyl (C=O) groups is 1. The number of carbonyl (C=O) groups excluding carboxylic acids is 1. The Hall–Kier alpha value is -2.54. The Balaban J connectivity index is 2.01. The number of aryl methyl sites for hydroxylation is 1. The SMILES string of the molecule is Cc1nsc(NC(=O)c2cnc(N)c3ccccc23)n1. The van der Waals surface area contributed by atoms with E-state index in [1.807, 2.05) is 24.3 Å². The number of fused-ring (bicyclic) bond motifs is 1. The van der Waals surface area contributed by atoms with Gasteiger partial charge in [0.25, 0.3) is 5.91 Å². The van der Waals surface area contributed by atoms with E-state index in [4.69, 9.17) is 5.73 Å². The summed E-state index contributed by atoms with van der Waals surface area (Å²) in [6, 6.07) is 7.39. The van der Waals surface area contributed by atoms with E-state index in [0.717, 1.165) is 22.3 Å². The molecule has 0 saturated heterocycles. The molecule has 2 heterocycles. The van der Waals surface area contributed by atoms with Crippen LogP contribution < -0.4 is 11.1 Å². The number of hydrogen-bond donors (Lipinski definition) is 2. The highest BCUT2D eigenvalue weighted by molar-refractivity contribution is 7.09. The van der Waals surface area contributed by atoms with Crippen LogP contribution in [0.2, 0.25) is 0 Å². The van der Waals surface area contributed by atoms with Crippen LogP contribution in [0, 0.1) is 6.92 Å². The molecule has 0 unspecified atom stereocenters. The van der Waals surface area contributed by atoms with Crippen LogP contribution in [0.15, 0.2) is 30.5 Å². The minimum atomic E-state index is -0.273. The lowest BCUT2D eigenvalue weighted by Gasteiger charge is -2.07. The van der Waals surface area contributed by atoms with Gasteiger partial charge in [-0.25, -0.2) is 9.97 Å². The van der Waals surface area contributed by atoms with Gasteiger partial charge in [0.15, 0.2) is 0 Å². The van der Waals surface area contributed by atoms with Crippen LogP contribution in [0.3, 0.4) is 0 Å². The maximum Gasteiger partial charge on any atom is 0.259 e. The Morgan fingerprint density at radius 3 is 2.75 bits per heavy atom. The summed E-state index contributed by atoms with van der Waals surface area (Å²) < 4.78 is 4.02. The average Bonchev–Trinajstić information content (AvgIpc) is 2.84. The predicted octanol–water partition coefficient (Wildman–Crippen LogP) is 2.23. The molecule has 0 spiro atoms. The molecule has 6 nitrogen and oxygen atoms in total. The van der Waals surface area contributed by atoms with Crippen LogP contribution in [-0.4, -0.2) is 20.2 Å². The Bertz CT molecular complexity index is 798. The van der Waals surface area contributed by atoms with E-state index in [1.165, 1.54) is 6.20 Å². The van der Waals surface area contributed by atoms with Crippen LogP contribution in [0.1, 0.15) is 16.2 Å². The summed E-state index contributed by atoms with van der Waals surface area (Å²) in [6.45, 7) is 1.77. The first-order chi connectivity index (χ1) is 9.65. The molecule has 3 N–H and O–H groups in total. The first-order valence-electron chi connectivity index (χ1n) is 5.90. The van der Waals surface area contributed by atoms with Crippen molar-refractivity contribution in [3.8, 4) is 0 Å². The molecule has 0 aliphatic carbocycles. The van der Waals surface area contributed by atoms with Gasteiger partial charge in [-0.15, -0.1) is 0 Å². The molecule has 1 aromatic carbocycles. The number of nitrogen functional groups attached to an aromatic ring is 1. The third-order valence-corrected chi connectivity index (χ3v) is 3.54. The molecule has 1 amide bonds. The first-order valence-corrected chi connectivity index (χ1v) is 6.67. The molecule has 0 atom stereocenters. The maximum absolute atomic E-state index is 12.3. The molecule has 3 rings (SSSR count). The van der Waals surface area contributed by atoms with Crippen LogP contribution in [0.4, 0.5) is 10.9 Å². The number of benzene rings is 1. The lowest BCUT2D eigenvalue weighted by Crippen LogP contribution is -2.13. The highest BCUT2D eigenvalue weighted by Crippen LogP contribution is 2.23. The van der Waals surface area contributed by atoms with Gasteiger partial charge < -0.3 is 5.73 Å². The van der Waals surface area contributed by atoms with Gasteiger partial charge in [0.1, 0.15) is 11.6 Å². The normalized spacial score (nSPS) is 10.7. The van der Waals surface area contributed by atoms with Crippen molar-refractivity contribution in [2.45, 2.75) is 6.92 Å². The molecule has 20 heavy (non-hydrogen) atoms. The standard InChI is InChI=1S/C13H11N5OS/c1-7-16-13(20-18-7)17-12(19)10-6-15-11(14)9-5-3-2-4-8(9)10/h2-6H,1H3,(H2,14,15)(H,16,17,18,19). The molecular formula is C13H11N5OS. The Kier molecular flexibility index (Phi) is 3.03. The summed E-state index contributed by atoms with van der Waals surface area (Å²) in [6.07, 6.45) is 1.47. The molecule has 2 aromatic heterocycles. The molecule has 0 bridgehead atoms. The van der Waals surface area contributed by atoms with Crippen molar-refractivity contribution >= 4 is 39.2 Å². The second kappa shape index (κ2) is 4.86. The van der Waals surface area contributed by atoms with Gasteiger partial charge in [0.05, 0.1) is 5.56 Å². The fraction of sp³-hybridized carbons (Fsp3) is 0.0769. The van der Waals surface area contributed by atoms with E-state index in [0.29, 0.717) is 22.3 Å². The lowest BCUT2D eigenvalue weighted by molar-refractivity contribution is 0.102. The third kappa shape index (κ3) is 2.19. The van der Waals surface area contributed by atoms with Gasteiger partial charge in [0, 0.05) is 23.1 Å². The van der Waals surface area contributed by atoms with Gasteiger partial charge >= 0.3 is 0 Å². The van der Waals surface area contributed by atoms with Crippen molar-refractivity contribution in [2.75, 3.05) is 11.1 Å². The topological polar surface area (TPSA) is 93.8 Å². The van der Waals surface area contributed by atoms with Crippen LogP contribution in [0.5, 0.6) is 0 Å². The largest absolute Gasteiger partial charge is 0.383 e. The highest BCUT2D eigenvalue weighted by atomic mass is 32.1. The van der Waals surface area contributed by atoms with Gasteiger partial charge in [-0.2, -0.15) is 4.37 Å². The van der Waals surface area contributed by atoms with Gasteiger partial charge in [-0.1, -0.05) is 24.3 Å². The maximum atomic E-state index is 12.3. The Labute approximate surface area is 118 Å². The number of amides is 1. The van der Waals surface area contributed by atoms with E-state index in [-0.39, 0.29) is 5.91 Å². The zero-order valence-corrected chi connectivity index (χ0v) is 11.4. The fourth-order valence-electron chi connectivity index (χ4n) is 1.91. The Morgan fingerprint density at radius 1 is 1.30 bits per heavy atom. The second-order valence-corrected chi connectivity index (χ2v) is 4.96. The van der Waals surface area contributed by atoms with Gasteiger partial charge in [-0.05, 0) is 12.3 Å². The summed E-state index contributed by atoms with van der Waals surface area (Å²) in [4.78, 5) is 20.5.